The molecule has 0 aromatic carbocycles. The lowest BCUT2D eigenvalue weighted by Gasteiger charge is -1.92. The van der Waals surface area contributed by atoms with Crippen molar-refractivity contribution in [3.8, 4) is 0 Å². The first-order chi connectivity index (χ1) is 3.91. The normalized spacial score (nSPS) is 10.8. The number of ether oxygens (including phenoxy) is 1. The van der Waals surface area contributed by atoms with Crippen molar-refractivity contribution in [1.29, 1.82) is 0 Å². The van der Waals surface area contributed by atoms with E-state index in [9.17, 15) is 0 Å². The first-order valence-corrected chi connectivity index (χ1v) is 4.02. The van der Waals surface area contributed by atoms with Crippen LogP contribution in [-0.2, 0) is 4.74 Å². The second-order valence-corrected chi connectivity index (χ2v) is 1.80. The van der Waals surface area contributed by atoms with Crippen LogP contribution in [-0.4, -0.2) is 24.0 Å². The zero-order chi connectivity index (χ0) is 6.24. The van der Waals surface area contributed by atoms with Gasteiger partial charge in [0, 0.05) is 0 Å². The molecule has 0 aromatic rings. The number of nitrogens with zero attached hydrogens (tertiary/aromatic N) is 1. The van der Waals surface area contributed by atoms with Crippen LogP contribution in [0.3, 0.4) is 0 Å². The Morgan fingerprint density at radius 3 is 3.00 bits per heavy atom. The van der Waals surface area contributed by atoms with Gasteiger partial charge in [-0.25, -0.2) is 0 Å². The largest absolute Gasteiger partial charge is 0.369 e. The van der Waals surface area contributed by atoms with Crippen LogP contribution in [0.5, 0.6) is 0 Å². The molecule has 0 unspecified atom stereocenters. The summed E-state index contributed by atoms with van der Waals surface area (Å²) in [6.07, 6.45) is 1.79. The molecule has 0 fully saturated rings. The monoisotopic (exact) mass is 227 g/mol. The molecule has 0 N–H and O–H groups in total. The lowest BCUT2D eigenvalue weighted by Crippen LogP contribution is -1.94. The maximum Gasteiger partial charge on any atom is 0.0980 e. The number of rotatable bonds is 4. The Hall–Kier alpha value is 0.360. The smallest absolute Gasteiger partial charge is 0.0980 e. The van der Waals surface area contributed by atoms with Crippen molar-refractivity contribution in [1.82, 2.24) is 0 Å². The molecule has 0 atom stereocenters. The van der Waals surface area contributed by atoms with E-state index in [2.05, 4.69) is 27.6 Å². The van der Waals surface area contributed by atoms with Crippen molar-refractivity contribution in [2.24, 2.45) is 4.99 Å². The molecule has 0 aliphatic heterocycles. The van der Waals surface area contributed by atoms with Crippen LogP contribution in [0.25, 0.3) is 0 Å². The second-order valence-electron chi connectivity index (χ2n) is 1.18. The van der Waals surface area contributed by atoms with Gasteiger partial charge in [0.05, 0.1) is 17.8 Å². The van der Waals surface area contributed by atoms with E-state index in [1.54, 1.807) is 6.21 Å². The standard InChI is InChI=1S/C5H10INO/c1-2-7-3-4-8-5-6/h2H,3-5H2,1H3/b7-2-. The van der Waals surface area contributed by atoms with Gasteiger partial charge < -0.3 is 4.74 Å². The van der Waals surface area contributed by atoms with E-state index >= 15 is 0 Å². The van der Waals surface area contributed by atoms with Crippen LogP contribution >= 0.6 is 22.6 Å². The van der Waals surface area contributed by atoms with Gasteiger partial charge in [0.2, 0.25) is 0 Å². The summed E-state index contributed by atoms with van der Waals surface area (Å²) in [6, 6.07) is 0. The van der Waals surface area contributed by atoms with E-state index in [1.165, 1.54) is 0 Å². The van der Waals surface area contributed by atoms with E-state index in [4.69, 9.17) is 4.74 Å². The molecule has 48 valence electrons. The fourth-order valence-corrected chi connectivity index (χ4v) is 0.612. The third-order valence-corrected chi connectivity index (χ3v) is 1.06. The Labute approximate surface area is 63.5 Å². The van der Waals surface area contributed by atoms with E-state index in [1.807, 2.05) is 6.92 Å². The van der Waals surface area contributed by atoms with Crippen LogP contribution in [0.2, 0.25) is 0 Å². The molecule has 0 amide bonds. The number of hydrogen-bond donors (Lipinski definition) is 0. The SMILES string of the molecule is C/C=N\CCOCI. The fourth-order valence-electron chi connectivity index (χ4n) is 0.301. The van der Waals surface area contributed by atoms with Gasteiger partial charge in [-0.2, -0.15) is 0 Å². The van der Waals surface area contributed by atoms with Crippen molar-refractivity contribution in [2.75, 3.05) is 17.8 Å². The van der Waals surface area contributed by atoms with E-state index in [-0.39, 0.29) is 0 Å². The van der Waals surface area contributed by atoms with Crippen LogP contribution in [0, 0.1) is 0 Å². The highest BCUT2D eigenvalue weighted by Crippen LogP contribution is 1.82. The summed E-state index contributed by atoms with van der Waals surface area (Å²) >= 11 is 2.17. The topological polar surface area (TPSA) is 21.6 Å². The lowest BCUT2D eigenvalue weighted by molar-refractivity contribution is 0.200. The van der Waals surface area contributed by atoms with Crippen molar-refractivity contribution in [3.05, 3.63) is 0 Å². The number of alkyl halides is 1. The third-order valence-electron chi connectivity index (χ3n) is 0.624. The molecule has 0 rings (SSSR count). The second kappa shape index (κ2) is 7.36. The van der Waals surface area contributed by atoms with Gasteiger partial charge in [0.15, 0.2) is 0 Å². The van der Waals surface area contributed by atoms with Gasteiger partial charge >= 0.3 is 0 Å². The summed E-state index contributed by atoms with van der Waals surface area (Å²) in [5, 5.41) is 0. The molecule has 0 aromatic heterocycles. The first kappa shape index (κ1) is 8.36. The van der Waals surface area contributed by atoms with Gasteiger partial charge in [-0.1, -0.05) is 22.6 Å². The summed E-state index contributed by atoms with van der Waals surface area (Å²) in [4.78, 5) is 3.96. The Morgan fingerprint density at radius 2 is 2.50 bits per heavy atom. The molecular weight excluding hydrogens is 217 g/mol. The van der Waals surface area contributed by atoms with Crippen LogP contribution in [0.4, 0.5) is 0 Å². The quantitative estimate of drug-likeness (QED) is 0.308. The molecule has 0 aliphatic carbocycles. The van der Waals surface area contributed by atoms with Crippen molar-refractivity contribution >= 4 is 28.8 Å². The number of aliphatic imine (C=N–C) groups is 1. The molecule has 8 heavy (non-hydrogen) atoms. The summed E-state index contributed by atoms with van der Waals surface area (Å²) in [7, 11) is 0. The van der Waals surface area contributed by atoms with E-state index in [0.717, 1.165) is 17.8 Å². The summed E-state index contributed by atoms with van der Waals surface area (Å²) in [5.74, 6) is 0. The first-order valence-electron chi connectivity index (χ1n) is 2.50. The molecule has 0 bridgehead atoms. The maximum atomic E-state index is 5.01. The number of hydrogen-bond acceptors (Lipinski definition) is 2. The van der Waals surface area contributed by atoms with Gasteiger partial charge in [-0.05, 0) is 13.1 Å². The Bertz CT molecular complexity index is 65.4. The third kappa shape index (κ3) is 6.36. The molecule has 0 saturated carbocycles. The molecule has 0 radical (unpaired) electrons. The molecule has 0 heterocycles. The average Bonchev–Trinajstić information content (AvgIpc) is 1.81. The highest BCUT2D eigenvalue weighted by molar-refractivity contribution is 14.1. The minimum Gasteiger partial charge on any atom is -0.369 e. The van der Waals surface area contributed by atoms with E-state index in [0.29, 0.717) is 0 Å². The van der Waals surface area contributed by atoms with Gasteiger partial charge in [-0.3, -0.25) is 4.99 Å². The molecule has 2 nitrogen and oxygen atoms in total. The molecule has 0 saturated heterocycles. The molecule has 0 aliphatic rings. The van der Waals surface area contributed by atoms with Gasteiger partial charge in [-0.15, -0.1) is 0 Å². The fraction of sp³-hybridized carbons (Fsp3) is 0.800. The summed E-state index contributed by atoms with van der Waals surface area (Å²) in [6.45, 7) is 3.44. The summed E-state index contributed by atoms with van der Waals surface area (Å²) in [5.41, 5.74) is 0. The Kier molecular flexibility index (Phi) is 7.69. The summed E-state index contributed by atoms with van der Waals surface area (Å²) < 4.78 is 5.77. The van der Waals surface area contributed by atoms with Crippen molar-refractivity contribution in [2.45, 2.75) is 6.92 Å². The minimum absolute atomic E-state index is 0.743. The Balaban J connectivity index is 2.72. The maximum absolute atomic E-state index is 5.01. The highest BCUT2D eigenvalue weighted by Gasteiger charge is 1.77. The van der Waals surface area contributed by atoms with Gasteiger partial charge in [0.1, 0.15) is 0 Å². The van der Waals surface area contributed by atoms with Crippen LogP contribution < -0.4 is 0 Å². The van der Waals surface area contributed by atoms with Crippen molar-refractivity contribution in [3.63, 3.8) is 0 Å². The zero-order valence-corrected chi connectivity index (χ0v) is 7.09. The van der Waals surface area contributed by atoms with E-state index < -0.39 is 0 Å². The highest BCUT2D eigenvalue weighted by atomic mass is 127. The zero-order valence-electron chi connectivity index (χ0n) is 4.93. The van der Waals surface area contributed by atoms with Crippen LogP contribution in [0.1, 0.15) is 6.92 Å². The molecule has 3 heteroatoms. The average molecular weight is 227 g/mol. The predicted octanol–water partition coefficient (Wildman–Crippen LogP) is 1.49. The van der Waals surface area contributed by atoms with Crippen molar-refractivity contribution < 1.29 is 4.74 Å². The van der Waals surface area contributed by atoms with Crippen LogP contribution in [0.15, 0.2) is 4.99 Å². The Morgan fingerprint density at radius 1 is 1.75 bits per heavy atom. The minimum atomic E-state index is 0.743. The predicted molar refractivity (Wildman–Crippen MR) is 43.9 cm³/mol. The molecular formula is C5H10INO. The van der Waals surface area contributed by atoms with Gasteiger partial charge in [0.25, 0.3) is 0 Å². The number of halogens is 1. The molecule has 0 spiro atoms. The lowest BCUT2D eigenvalue weighted by atomic mass is 10.7.